The molecule has 96 valence electrons. The van der Waals surface area contributed by atoms with Crippen LogP contribution < -0.4 is 4.74 Å². The van der Waals surface area contributed by atoms with Gasteiger partial charge in [-0.05, 0) is 17.2 Å². The fourth-order valence-electron chi connectivity index (χ4n) is 1.80. The maximum absolute atomic E-state index is 11.3. The first-order valence-electron chi connectivity index (χ1n) is 5.88. The van der Waals surface area contributed by atoms with Gasteiger partial charge in [0.2, 0.25) is 0 Å². The summed E-state index contributed by atoms with van der Waals surface area (Å²) in [7, 11) is 0. The molecule has 0 heterocycles. The first-order valence-corrected chi connectivity index (χ1v) is 5.88. The standard InChI is InChI=1S/C16H14O3/c1-2-13-9-6-10-14(15(13)16(17)18)19-11-12-7-4-3-5-8-12/h2-10H,1,11H2,(H,17,18). The van der Waals surface area contributed by atoms with Crippen molar-refractivity contribution in [3.63, 3.8) is 0 Å². The van der Waals surface area contributed by atoms with Crippen LogP contribution >= 0.6 is 0 Å². The van der Waals surface area contributed by atoms with E-state index in [4.69, 9.17) is 4.74 Å². The van der Waals surface area contributed by atoms with Gasteiger partial charge in [-0.2, -0.15) is 0 Å². The molecule has 2 aromatic rings. The number of benzene rings is 2. The zero-order valence-corrected chi connectivity index (χ0v) is 10.4. The summed E-state index contributed by atoms with van der Waals surface area (Å²) >= 11 is 0. The Bertz CT molecular complexity index is 588. The van der Waals surface area contributed by atoms with E-state index in [9.17, 15) is 9.90 Å². The Hall–Kier alpha value is -2.55. The van der Waals surface area contributed by atoms with Gasteiger partial charge in [0.15, 0.2) is 0 Å². The highest BCUT2D eigenvalue weighted by Crippen LogP contribution is 2.24. The molecule has 0 aliphatic heterocycles. The molecular weight excluding hydrogens is 240 g/mol. The van der Waals surface area contributed by atoms with E-state index < -0.39 is 5.97 Å². The van der Waals surface area contributed by atoms with Crippen LogP contribution in [0.15, 0.2) is 55.1 Å². The number of carboxylic acid groups (broad SMARTS) is 1. The van der Waals surface area contributed by atoms with Crippen LogP contribution in [0, 0.1) is 0 Å². The molecule has 3 heteroatoms. The molecule has 3 nitrogen and oxygen atoms in total. The molecule has 19 heavy (non-hydrogen) atoms. The molecule has 1 N–H and O–H groups in total. The third kappa shape index (κ3) is 3.01. The van der Waals surface area contributed by atoms with Crippen molar-refractivity contribution in [2.75, 3.05) is 0 Å². The fraction of sp³-hybridized carbons (Fsp3) is 0.0625. The molecule has 0 spiro atoms. The van der Waals surface area contributed by atoms with Crippen molar-refractivity contribution >= 4 is 12.0 Å². The molecule has 0 unspecified atom stereocenters. The van der Waals surface area contributed by atoms with E-state index in [1.54, 1.807) is 18.2 Å². The number of carbonyl (C=O) groups is 1. The minimum Gasteiger partial charge on any atom is -0.488 e. The monoisotopic (exact) mass is 254 g/mol. The van der Waals surface area contributed by atoms with Gasteiger partial charge in [0.25, 0.3) is 0 Å². The first-order chi connectivity index (χ1) is 9.22. The highest BCUT2D eigenvalue weighted by Gasteiger charge is 2.14. The van der Waals surface area contributed by atoms with Crippen molar-refractivity contribution in [3.8, 4) is 5.75 Å². The highest BCUT2D eigenvalue weighted by molar-refractivity contribution is 5.95. The zero-order valence-electron chi connectivity index (χ0n) is 10.4. The van der Waals surface area contributed by atoms with Crippen molar-refractivity contribution in [1.29, 1.82) is 0 Å². The zero-order chi connectivity index (χ0) is 13.7. The van der Waals surface area contributed by atoms with Gasteiger partial charge < -0.3 is 9.84 Å². The summed E-state index contributed by atoms with van der Waals surface area (Å²) in [6.45, 7) is 3.95. The van der Waals surface area contributed by atoms with Gasteiger partial charge >= 0.3 is 5.97 Å². The minimum atomic E-state index is -1.02. The van der Waals surface area contributed by atoms with Gasteiger partial charge in [0.1, 0.15) is 17.9 Å². The molecule has 0 aliphatic carbocycles. The second kappa shape index (κ2) is 5.87. The summed E-state index contributed by atoms with van der Waals surface area (Å²) in [6, 6.07) is 14.7. The van der Waals surface area contributed by atoms with Crippen molar-refractivity contribution in [1.82, 2.24) is 0 Å². The van der Waals surface area contributed by atoms with Crippen LogP contribution in [0.3, 0.4) is 0 Å². The Balaban J connectivity index is 2.25. The third-order valence-corrected chi connectivity index (χ3v) is 2.73. The third-order valence-electron chi connectivity index (χ3n) is 2.73. The minimum absolute atomic E-state index is 0.147. The lowest BCUT2D eigenvalue weighted by Crippen LogP contribution is -2.05. The van der Waals surface area contributed by atoms with Gasteiger partial charge in [0, 0.05) is 0 Å². The highest BCUT2D eigenvalue weighted by atomic mass is 16.5. The molecule has 0 atom stereocenters. The van der Waals surface area contributed by atoms with E-state index in [2.05, 4.69) is 6.58 Å². The SMILES string of the molecule is C=Cc1cccc(OCc2ccccc2)c1C(=O)O. The molecule has 0 bridgehead atoms. The molecule has 0 aliphatic rings. The van der Waals surface area contributed by atoms with Crippen LogP contribution in [0.25, 0.3) is 6.08 Å². The number of hydrogen-bond acceptors (Lipinski definition) is 2. The topological polar surface area (TPSA) is 46.5 Å². The molecule has 2 rings (SSSR count). The average molecular weight is 254 g/mol. The Labute approximate surface area is 111 Å². The summed E-state index contributed by atoms with van der Waals surface area (Å²) < 4.78 is 5.60. The van der Waals surface area contributed by atoms with Crippen LogP contribution in [0.4, 0.5) is 0 Å². The summed E-state index contributed by atoms with van der Waals surface area (Å²) in [4.78, 5) is 11.3. The first kappa shape index (κ1) is 12.9. The average Bonchev–Trinajstić information content (AvgIpc) is 2.45. The van der Waals surface area contributed by atoms with Crippen LogP contribution in [-0.4, -0.2) is 11.1 Å². The molecular formula is C16H14O3. The number of rotatable bonds is 5. The van der Waals surface area contributed by atoms with Crippen molar-refractivity contribution in [3.05, 3.63) is 71.8 Å². The van der Waals surface area contributed by atoms with Crippen LogP contribution in [0.5, 0.6) is 5.75 Å². The number of ether oxygens (including phenoxy) is 1. The molecule has 0 saturated heterocycles. The quantitative estimate of drug-likeness (QED) is 0.886. The van der Waals surface area contributed by atoms with Crippen LogP contribution in [-0.2, 0) is 6.61 Å². The molecule has 0 amide bonds. The normalized spacial score (nSPS) is 9.89. The predicted molar refractivity (Wildman–Crippen MR) is 74.3 cm³/mol. The lowest BCUT2D eigenvalue weighted by atomic mass is 10.1. The van der Waals surface area contributed by atoms with E-state index >= 15 is 0 Å². The summed E-state index contributed by atoms with van der Waals surface area (Å²) in [5, 5.41) is 9.25. The van der Waals surface area contributed by atoms with Gasteiger partial charge in [0.05, 0.1) is 0 Å². The smallest absolute Gasteiger partial charge is 0.340 e. The molecule has 0 aromatic heterocycles. The second-order valence-corrected chi connectivity index (χ2v) is 4.00. The number of hydrogen-bond donors (Lipinski definition) is 1. The van der Waals surface area contributed by atoms with Crippen molar-refractivity contribution in [2.24, 2.45) is 0 Å². The Morgan fingerprint density at radius 1 is 1.16 bits per heavy atom. The second-order valence-electron chi connectivity index (χ2n) is 4.00. The number of carboxylic acids is 1. The Morgan fingerprint density at radius 2 is 1.89 bits per heavy atom. The maximum atomic E-state index is 11.3. The van der Waals surface area contributed by atoms with E-state index in [1.165, 1.54) is 6.08 Å². The lowest BCUT2D eigenvalue weighted by molar-refractivity contribution is 0.0691. The predicted octanol–water partition coefficient (Wildman–Crippen LogP) is 3.61. The van der Waals surface area contributed by atoms with E-state index in [0.717, 1.165) is 5.56 Å². The largest absolute Gasteiger partial charge is 0.488 e. The van der Waals surface area contributed by atoms with Gasteiger partial charge in [-0.25, -0.2) is 4.79 Å². The van der Waals surface area contributed by atoms with Gasteiger partial charge in [-0.15, -0.1) is 0 Å². The van der Waals surface area contributed by atoms with Gasteiger partial charge in [-0.1, -0.05) is 55.1 Å². The number of aromatic carboxylic acids is 1. The van der Waals surface area contributed by atoms with Gasteiger partial charge in [-0.3, -0.25) is 0 Å². The molecule has 2 aromatic carbocycles. The molecule has 0 radical (unpaired) electrons. The van der Waals surface area contributed by atoms with E-state index in [1.807, 2.05) is 30.3 Å². The Kier molecular flexibility index (Phi) is 3.98. The van der Waals surface area contributed by atoms with Crippen molar-refractivity contribution in [2.45, 2.75) is 6.61 Å². The van der Waals surface area contributed by atoms with Crippen molar-refractivity contribution < 1.29 is 14.6 Å². The summed E-state index contributed by atoms with van der Waals surface area (Å²) in [5.41, 5.74) is 1.69. The summed E-state index contributed by atoms with van der Waals surface area (Å²) in [6.07, 6.45) is 1.51. The lowest BCUT2D eigenvalue weighted by Gasteiger charge is -2.11. The Morgan fingerprint density at radius 3 is 2.53 bits per heavy atom. The molecule has 0 saturated carbocycles. The van der Waals surface area contributed by atoms with Crippen LogP contribution in [0.1, 0.15) is 21.5 Å². The summed E-state index contributed by atoms with van der Waals surface area (Å²) in [5.74, 6) is -0.660. The van der Waals surface area contributed by atoms with E-state index in [0.29, 0.717) is 17.9 Å². The van der Waals surface area contributed by atoms with Crippen LogP contribution in [0.2, 0.25) is 0 Å². The molecule has 0 fully saturated rings. The fourth-order valence-corrected chi connectivity index (χ4v) is 1.80. The van der Waals surface area contributed by atoms with E-state index in [-0.39, 0.29) is 5.56 Å². The maximum Gasteiger partial charge on any atom is 0.340 e.